The summed E-state index contributed by atoms with van der Waals surface area (Å²) in [4.78, 5) is 7.79. The van der Waals surface area contributed by atoms with Gasteiger partial charge in [0.1, 0.15) is 18.0 Å². The van der Waals surface area contributed by atoms with E-state index in [0.29, 0.717) is 17.5 Å². The van der Waals surface area contributed by atoms with Crippen LogP contribution in [0.1, 0.15) is 18.8 Å². The number of tetrazole rings is 1. The molecule has 0 aliphatic carbocycles. The van der Waals surface area contributed by atoms with Crippen LogP contribution in [0.3, 0.4) is 0 Å². The molecule has 8 nitrogen and oxygen atoms in total. The molecular weight excluding hydrogens is 196 g/mol. The van der Waals surface area contributed by atoms with E-state index in [1.807, 2.05) is 6.92 Å². The third kappa shape index (κ3) is 2.16. The highest BCUT2D eigenvalue weighted by molar-refractivity contribution is 5.44. The first kappa shape index (κ1) is 9.31. The maximum atomic E-state index is 5.51. The number of hydrogen-bond acceptors (Lipinski definition) is 7. The molecule has 78 valence electrons. The summed E-state index contributed by atoms with van der Waals surface area (Å²) < 4.78 is 0. The molecule has 0 aliphatic rings. The highest BCUT2D eigenvalue weighted by Crippen LogP contribution is 2.13. The number of nitrogens with two attached hydrogens (primary N) is 1. The molecule has 8 heteroatoms. The standard InChI is InChI=1S/C7H10N8/c1-4(7-12-14-15-13-7)11-6-2-5(8)9-3-10-6/h2-4H,1H3,(H3,8,9,10,11)(H,12,13,14,15). The maximum absolute atomic E-state index is 5.51. The number of nitrogens with one attached hydrogen (secondary N) is 2. The van der Waals surface area contributed by atoms with E-state index in [9.17, 15) is 0 Å². The van der Waals surface area contributed by atoms with Crippen LogP contribution in [0.4, 0.5) is 11.6 Å². The average molecular weight is 206 g/mol. The summed E-state index contributed by atoms with van der Waals surface area (Å²) in [6.45, 7) is 1.89. The SMILES string of the molecule is CC(Nc1cc(N)ncn1)c1nn[nH]n1. The second-order valence-electron chi connectivity index (χ2n) is 2.96. The number of nitrogens with zero attached hydrogens (tertiary/aromatic N) is 5. The van der Waals surface area contributed by atoms with Gasteiger partial charge in [-0.3, -0.25) is 0 Å². The molecule has 0 saturated carbocycles. The zero-order valence-electron chi connectivity index (χ0n) is 8.05. The predicted octanol–water partition coefficient (Wildman–Crippen LogP) is -0.255. The summed E-state index contributed by atoms with van der Waals surface area (Å²) in [6, 6.07) is 1.54. The van der Waals surface area contributed by atoms with Crippen molar-refractivity contribution in [3.05, 3.63) is 18.2 Å². The van der Waals surface area contributed by atoms with Gasteiger partial charge in [-0.15, -0.1) is 10.2 Å². The molecule has 0 spiro atoms. The van der Waals surface area contributed by atoms with Gasteiger partial charge in [-0.25, -0.2) is 9.97 Å². The van der Waals surface area contributed by atoms with E-state index < -0.39 is 0 Å². The van der Waals surface area contributed by atoms with Crippen LogP contribution in [0.2, 0.25) is 0 Å². The molecular formula is C7H10N8. The fourth-order valence-electron chi connectivity index (χ4n) is 1.09. The van der Waals surface area contributed by atoms with Crippen LogP contribution < -0.4 is 11.1 Å². The Morgan fingerprint density at radius 1 is 1.47 bits per heavy atom. The van der Waals surface area contributed by atoms with E-state index in [1.165, 1.54) is 6.33 Å². The van der Waals surface area contributed by atoms with Crippen molar-refractivity contribution in [2.24, 2.45) is 0 Å². The highest BCUT2D eigenvalue weighted by atomic mass is 15.5. The molecule has 1 unspecified atom stereocenters. The fraction of sp³-hybridized carbons (Fsp3) is 0.286. The van der Waals surface area contributed by atoms with E-state index in [1.54, 1.807) is 6.07 Å². The molecule has 4 N–H and O–H groups in total. The number of anilines is 2. The topological polar surface area (TPSA) is 118 Å². The van der Waals surface area contributed by atoms with Gasteiger partial charge in [0.25, 0.3) is 0 Å². The summed E-state index contributed by atoms with van der Waals surface area (Å²) in [6.07, 6.45) is 1.39. The number of nitrogen functional groups attached to an aromatic ring is 1. The van der Waals surface area contributed by atoms with Gasteiger partial charge in [0.2, 0.25) is 0 Å². The molecule has 0 fully saturated rings. The van der Waals surface area contributed by atoms with E-state index in [-0.39, 0.29) is 6.04 Å². The highest BCUT2D eigenvalue weighted by Gasteiger charge is 2.10. The monoisotopic (exact) mass is 206 g/mol. The molecule has 0 radical (unpaired) electrons. The molecule has 15 heavy (non-hydrogen) atoms. The Labute approximate surface area is 85.3 Å². The molecule has 0 bridgehead atoms. The van der Waals surface area contributed by atoms with Crippen molar-refractivity contribution in [3.8, 4) is 0 Å². The van der Waals surface area contributed by atoms with Crippen molar-refractivity contribution < 1.29 is 0 Å². The summed E-state index contributed by atoms with van der Waals surface area (Å²) in [7, 11) is 0. The van der Waals surface area contributed by atoms with E-state index >= 15 is 0 Å². The number of aromatic amines is 1. The van der Waals surface area contributed by atoms with Crippen molar-refractivity contribution in [1.29, 1.82) is 0 Å². The lowest BCUT2D eigenvalue weighted by molar-refractivity contribution is 0.787. The van der Waals surface area contributed by atoms with Crippen molar-refractivity contribution in [1.82, 2.24) is 30.6 Å². The molecule has 2 aromatic rings. The molecule has 2 rings (SSSR count). The predicted molar refractivity (Wildman–Crippen MR) is 52.7 cm³/mol. The Balaban J connectivity index is 2.09. The lowest BCUT2D eigenvalue weighted by Crippen LogP contribution is -2.10. The average Bonchev–Trinajstić information content (AvgIpc) is 2.70. The Morgan fingerprint density at radius 3 is 3.00 bits per heavy atom. The first-order valence-corrected chi connectivity index (χ1v) is 4.33. The fourth-order valence-corrected chi connectivity index (χ4v) is 1.09. The third-order valence-electron chi connectivity index (χ3n) is 1.80. The largest absolute Gasteiger partial charge is 0.384 e. The summed E-state index contributed by atoms with van der Waals surface area (Å²) in [5.41, 5.74) is 5.51. The zero-order chi connectivity index (χ0) is 10.7. The molecule has 2 heterocycles. The van der Waals surface area contributed by atoms with Crippen LogP contribution in [-0.2, 0) is 0 Å². The first-order chi connectivity index (χ1) is 7.25. The van der Waals surface area contributed by atoms with Crippen molar-refractivity contribution >= 4 is 11.6 Å². The van der Waals surface area contributed by atoms with E-state index in [2.05, 4.69) is 35.9 Å². The van der Waals surface area contributed by atoms with Crippen molar-refractivity contribution in [3.63, 3.8) is 0 Å². The van der Waals surface area contributed by atoms with Gasteiger partial charge in [0.05, 0.1) is 6.04 Å². The lowest BCUT2D eigenvalue weighted by Gasteiger charge is -2.09. The molecule has 0 amide bonds. The van der Waals surface area contributed by atoms with Crippen LogP contribution in [0, 0.1) is 0 Å². The molecule has 1 atom stereocenters. The van der Waals surface area contributed by atoms with Crippen molar-refractivity contribution in [2.45, 2.75) is 13.0 Å². The van der Waals surface area contributed by atoms with Crippen LogP contribution >= 0.6 is 0 Å². The van der Waals surface area contributed by atoms with E-state index in [0.717, 1.165) is 0 Å². The number of aromatic nitrogens is 6. The van der Waals surface area contributed by atoms with Crippen LogP contribution in [0.25, 0.3) is 0 Å². The van der Waals surface area contributed by atoms with Gasteiger partial charge in [0, 0.05) is 6.07 Å². The Kier molecular flexibility index (Phi) is 2.40. The van der Waals surface area contributed by atoms with Crippen LogP contribution in [0.5, 0.6) is 0 Å². The van der Waals surface area contributed by atoms with E-state index in [4.69, 9.17) is 5.73 Å². The quantitative estimate of drug-likeness (QED) is 0.633. The minimum Gasteiger partial charge on any atom is -0.384 e. The Bertz CT molecular complexity index is 424. The molecule has 2 aromatic heterocycles. The van der Waals surface area contributed by atoms with Gasteiger partial charge in [-0.2, -0.15) is 5.21 Å². The normalized spacial score (nSPS) is 12.3. The zero-order valence-corrected chi connectivity index (χ0v) is 8.05. The van der Waals surface area contributed by atoms with Gasteiger partial charge in [-0.05, 0) is 6.92 Å². The molecule has 0 aromatic carbocycles. The third-order valence-corrected chi connectivity index (χ3v) is 1.80. The van der Waals surface area contributed by atoms with Gasteiger partial charge < -0.3 is 11.1 Å². The molecule has 0 aliphatic heterocycles. The lowest BCUT2D eigenvalue weighted by atomic mass is 10.3. The maximum Gasteiger partial charge on any atom is 0.196 e. The summed E-state index contributed by atoms with van der Waals surface area (Å²) in [5, 5.41) is 16.6. The Morgan fingerprint density at radius 2 is 2.33 bits per heavy atom. The van der Waals surface area contributed by atoms with Crippen LogP contribution in [0.15, 0.2) is 12.4 Å². The van der Waals surface area contributed by atoms with Crippen molar-refractivity contribution in [2.75, 3.05) is 11.1 Å². The number of rotatable bonds is 3. The molecule has 0 saturated heterocycles. The Hall–Kier alpha value is -2.25. The smallest absolute Gasteiger partial charge is 0.196 e. The first-order valence-electron chi connectivity index (χ1n) is 4.33. The summed E-state index contributed by atoms with van der Waals surface area (Å²) >= 11 is 0. The minimum atomic E-state index is -0.0990. The minimum absolute atomic E-state index is 0.0990. The summed E-state index contributed by atoms with van der Waals surface area (Å²) in [5.74, 6) is 1.60. The second kappa shape index (κ2) is 3.86. The van der Waals surface area contributed by atoms with Gasteiger partial charge in [0.15, 0.2) is 5.82 Å². The second-order valence-corrected chi connectivity index (χ2v) is 2.96. The van der Waals surface area contributed by atoms with Crippen LogP contribution in [-0.4, -0.2) is 30.6 Å². The van der Waals surface area contributed by atoms with Gasteiger partial charge in [-0.1, -0.05) is 5.21 Å². The van der Waals surface area contributed by atoms with Gasteiger partial charge >= 0.3 is 0 Å². The number of hydrogen-bond donors (Lipinski definition) is 3. The number of H-pyrrole nitrogens is 1.